The first kappa shape index (κ1) is 31.8. The molecule has 0 spiro atoms. The fourth-order valence-corrected chi connectivity index (χ4v) is 7.68. The van der Waals surface area contributed by atoms with Gasteiger partial charge in [-0.3, -0.25) is 9.36 Å². The van der Waals surface area contributed by atoms with Gasteiger partial charge in [0.2, 0.25) is 0 Å². The van der Waals surface area contributed by atoms with E-state index in [9.17, 15) is 9.59 Å². The standard InChI is InChI=1S/C39H29BrClN3O3S/c1-3-47-38(46)34-24(2)42-39-44(36(34)30-16-10-11-17-31(30)41)37(45)33(48-39)23-27-22-32(25-12-6-4-7-13-25)43(29-20-18-28(40)19-21-29)35(27)26-14-8-5-9-15-26/h4-23,36H,3H2,1-2H3. The Hall–Kier alpha value is -4.76. The molecule has 1 aliphatic rings. The van der Waals surface area contributed by atoms with Crippen LogP contribution >= 0.6 is 38.9 Å². The van der Waals surface area contributed by atoms with Gasteiger partial charge in [-0.25, -0.2) is 9.79 Å². The molecule has 1 aliphatic heterocycles. The van der Waals surface area contributed by atoms with E-state index in [0.717, 1.165) is 38.2 Å². The number of hydrogen-bond donors (Lipinski definition) is 0. The van der Waals surface area contributed by atoms with Gasteiger partial charge in [0.05, 0.1) is 33.8 Å². The van der Waals surface area contributed by atoms with E-state index in [2.05, 4.69) is 63.0 Å². The number of hydrogen-bond acceptors (Lipinski definition) is 5. The highest BCUT2D eigenvalue weighted by Crippen LogP contribution is 2.37. The second-order valence-electron chi connectivity index (χ2n) is 11.2. The Morgan fingerprint density at radius 2 is 1.58 bits per heavy atom. The lowest BCUT2D eigenvalue weighted by Crippen LogP contribution is -2.40. The summed E-state index contributed by atoms with van der Waals surface area (Å²) in [5.41, 5.74) is 6.93. The van der Waals surface area contributed by atoms with Crippen molar-refractivity contribution in [2.75, 3.05) is 6.61 Å². The van der Waals surface area contributed by atoms with Gasteiger partial charge in [-0.2, -0.15) is 0 Å². The van der Waals surface area contributed by atoms with Crippen molar-refractivity contribution in [1.29, 1.82) is 0 Å². The molecule has 1 unspecified atom stereocenters. The van der Waals surface area contributed by atoms with Crippen molar-refractivity contribution in [3.63, 3.8) is 0 Å². The van der Waals surface area contributed by atoms with Gasteiger partial charge in [0, 0.05) is 20.7 Å². The van der Waals surface area contributed by atoms with Crippen molar-refractivity contribution in [2.45, 2.75) is 19.9 Å². The van der Waals surface area contributed by atoms with Crippen molar-refractivity contribution >= 4 is 50.9 Å². The van der Waals surface area contributed by atoms with Gasteiger partial charge in [-0.05, 0) is 73.0 Å². The molecular formula is C39H29BrClN3O3S. The number of carbonyl (C=O) groups excluding carboxylic acids is 1. The van der Waals surface area contributed by atoms with Crippen molar-refractivity contribution in [1.82, 2.24) is 9.13 Å². The average molecular weight is 735 g/mol. The number of halogens is 2. The number of fused-ring (bicyclic) bond motifs is 1. The zero-order chi connectivity index (χ0) is 33.4. The third-order valence-corrected chi connectivity index (χ3v) is 10.1. The van der Waals surface area contributed by atoms with Crippen LogP contribution in [0.5, 0.6) is 0 Å². The van der Waals surface area contributed by atoms with Gasteiger partial charge < -0.3 is 9.30 Å². The van der Waals surface area contributed by atoms with E-state index in [4.69, 9.17) is 21.3 Å². The van der Waals surface area contributed by atoms with Crippen LogP contribution < -0.4 is 14.9 Å². The number of nitrogens with zero attached hydrogens (tertiary/aromatic N) is 3. The summed E-state index contributed by atoms with van der Waals surface area (Å²) in [4.78, 5) is 33.1. The van der Waals surface area contributed by atoms with Crippen molar-refractivity contribution in [2.24, 2.45) is 4.99 Å². The van der Waals surface area contributed by atoms with Gasteiger partial charge in [-0.1, -0.05) is 118 Å². The molecule has 0 saturated carbocycles. The number of ether oxygens (including phenoxy) is 1. The fourth-order valence-electron chi connectivity index (χ4n) is 6.14. The minimum Gasteiger partial charge on any atom is -0.463 e. The van der Waals surface area contributed by atoms with E-state index < -0.39 is 12.0 Å². The van der Waals surface area contributed by atoms with Crippen LogP contribution in [0.15, 0.2) is 141 Å². The van der Waals surface area contributed by atoms with Crippen LogP contribution in [0.4, 0.5) is 0 Å². The normalized spacial score (nSPS) is 14.5. The van der Waals surface area contributed by atoms with Crippen LogP contribution in [-0.4, -0.2) is 21.7 Å². The summed E-state index contributed by atoms with van der Waals surface area (Å²) in [6, 6.07) is 37.1. The molecule has 6 nitrogen and oxygen atoms in total. The molecule has 0 fully saturated rings. The molecule has 0 aliphatic carbocycles. The second-order valence-corrected chi connectivity index (χ2v) is 13.5. The van der Waals surface area contributed by atoms with Gasteiger partial charge >= 0.3 is 5.97 Å². The lowest BCUT2D eigenvalue weighted by Gasteiger charge is -2.25. The molecule has 238 valence electrons. The molecule has 6 aromatic rings. The van der Waals surface area contributed by atoms with Gasteiger partial charge in [0.15, 0.2) is 4.80 Å². The zero-order valence-electron chi connectivity index (χ0n) is 26.1. The minimum atomic E-state index is -0.794. The van der Waals surface area contributed by atoms with Crippen molar-refractivity contribution in [3.8, 4) is 28.2 Å². The van der Waals surface area contributed by atoms with E-state index in [1.54, 1.807) is 24.5 Å². The molecule has 1 atom stereocenters. The first-order valence-corrected chi connectivity index (χ1v) is 17.4. The van der Waals surface area contributed by atoms with Gasteiger partial charge in [0.1, 0.15) is 6.04 Å². The molecule has 48 heavy (non-hydrogen) atoms. The summed E-state index contributed by atoms with van der Waals surface area (Å²) in [6.45, 7) is 3.71. The maximum absolute atomic E-state index is 14.5. The number of benzene rings is 4. The van der Waals surface area contributed by atoms with E-state index in [1.807, 2.05) is 72.8 Å². The molecule has 0 bridgehead atoms. The fraction of sp³-hybridized carbons (Fsp3) is 0.103. The molecule has 0 N–H and O–H groups in total. The molecule has 7 rings (SSSR count). The molecule has 0 saturated heterocycles. The highest BCUT2D eigenvalue weighted by molar-refractivity contribution is 9.10. The lowest BCUT2D eigenvalue weighted by atomic mass is 9.96. The monoisotopic (exact) mass is 733 g/mol. The summed E-state index contributed by atoms with van der Waals surface area (Å²) >= 11 is 11.6. The predicted octanol–water partition coefficient (Wildman–Crippen LogP) is 8.34. The Kier molecular flexibility index (Phi) is 8.88. The number of aromatic nitrogens is 2. The SMILES string of the molecule is CCOC(=O)C1=C(C)N=c2sc(=Cc3cc(-c4ccccc4)n(-c4ccc(Br)cc4)c3-c3ccccc3)c(=O)n2C1c1ccccc1Cl. The van der Waals surface area contributed by atoms with Crippen molar-refractivity contribution in [3.05, 3.63) is 167 Å². The number of rotatable bonds is 7. The summed E-state index contributed by atoms with van der Waals surface area (Å²) in [6.07, 6.45) is 1.93. The molecule has 9 heteroatoms. The number of thiazole rings is 1. The van der Waals surface area contributed by atoms with E-state index in [-0.39, 0.29) is 12.2 Å². The van der Waals surface area contributed by atoms with Crippen LogP contribution in [0.1, 0.15) is 31.0 Å². The summed E-state index contributed by atoms with van der Waals surface area (Å²) in [5, 5.41) is 0.444. The first-order valence-electron chi connectivity index (χ1n) is 15.4. The molecular weight excluding hydrogens is 706 g/mol. The van der Waals surface area contributed by atoms with E-state index >= 15 is 0 Å². The molecule has 2 aromatic heterocycles. The van der Waals surface area contributed by atoms with Crippen LogP contribution in [0.2, 0.25) is 5.02 Å². The smallest absolute Gasteiger partial charge is 0.338 e. The lowest BCUT2D eigenvalue weighted by molar-refractivity contribution is -0.139. The number of carbonyl (C=O) groups is 1. The second kappa shape index (κ2) is 13.4. The highest BCUT2D eigenvalue weighted by Gasteiger charge is 2.34. The molecule has 0 radical (unpaired) electrons. The molecule has 4 aromatic carbocycles. The van der Waals surface area contributed by atoms with Gasteiger partial charge in [0.25, 0.3) is 5.56 Å². The topological polar surface area (TPSA) is 65.6 Å². The summed E-state index contributed by atoms with van der Waals surface area (Å²) in [7, 11) is 0. The molecule has 3 heterocycles. The summed E-state index contributed by atoms with van der Waals surface area (Å²) in [5.74, 6) is -0.525. The van der Waals surface area contributed by atoms with Gasteiger partial charge in [-0.15, -0.1) is 0 Å². The zero-order valence-corrected chi connectivity index (χ0v) is 29.2. The largest absolute Gasteiger partial charge is 0.463 e. The first-order chi connectivity index (χ1) is 23.4. The Morgan fingerprint density at radius 1 is 0.938 bits per heavy atom. The quantitative estimate of drug-likeness (QED) is 0.155. The Labute approximate surface area is 294 Å². The van der Waals surface area contributed by atoms with Crippen LogP contribution in [0.25, 0.3) is 34.3 Å². The Morgan fingerprint density at radius 3 is 2.25 bits per heavy atom. The average Bonchev–Trinajstić information content (AvgIpc) is 3.62. The van der Waals surface area contributed by atoms with E-state index in [1.165, 1.54) is 11.3 Å². The Bertz CT molecular complexity index is 2380. The van der Waals surface area contributed by atoms with E-state index in [0.29, 0.717) is 31.2 Å². The van der Waals surface area contributed by atoms with Crippen LogP contribution in [-0.2, 0) is 9.53 Å². The third-order valence-electron chi connectivity index (χ3n) is 8.24. The number of esters is 1. The Balaban J connectivity index is 1.52. The molecule has 0 amide bonds. The maximum Gasteiger partial charge on any atom is 0.338 e. The maximum atomic E-state index is 14.5. The third kappa shape index (κ3) is 5.81. The summed E-state index contributed by atoms with van der Waals surface area (Å²) < 4.78 is 10.7. The number of allylic oxidation sites excluding steroid dienone is 1. The van der Waals surface area contributed by atoms with Crippen LogP contribution in [0, 0.1) is 0 Å². The highest BCUT2D eigenvalue weighted by atomic mass is 79.9. The van der Waals surface area contributed by atoms with Crippen molar-refractivity contribution < 1.29 is 9.53 Å². The predicted molar refractivity (Wildman–Crippen MR) is 196 cm³/mol. The van der Waals surface area contributed by atoms with Crippen LogP contribution in [0.3, 0.4) is 0 Å². The minimum absolute atomic E-state index is 0.191.